The zero-order valence-corrected chi connectivity index (χ0v) is 18.8. The molecular formula is C23H22ClN7O3. The summed E-state index contributed by atoms with van der Waals surface area (Å²) in [6, 6.07) is 12.5. The van der Waals surface area contributed by atoms with Gasteiger partial charge in [0.05, 0.1) is 28.1 Å². The van der Waals surface area contributed by atoms with Crippen molar-refractivity contribution < 1.29 is 14.3 Å². The molecule has 3 heterocycles. The van der Waals surface area contributed by atoms with Crippen molar-refractivity contribution >= 4 is 46.1 Å². The van der Waals surface area contributed by atoms with Crippen LogP contribution in [0.25, 0.3) is 11.0 Å². The Labute approximate surface area is 199 Å². The summed E-state index contributed by atoms with van der Waals surface area (Å²) in [6.45, 7) is 1.84. The van der Waals surface area contributed by atoms with Gasteiger partial charge in [-0.2, -0.15) is 0 Å². The van der Waals surface area contributed by atoms with E-state index in [0.29, 0.717) is 22.0 Å². The highest BCUT2D eigenvalue weighted by Crippen LogP contribution is 2.29. The van der Waals surface area contributed by atoms with E-state index in [1.54, 1.807) is 18.2 Å². The van der Waals surface area contributed by atoms with Gasteiger partial charge in [0.2, 0.25) is 5.95 Å². The predicted octanol–water partition coefficient (Wildman–Crippen LogP) is 3.57. The Hall–Kier alpha value is -3.89. The van der Waals surface area contributed by atoms with Crippen LogP contribution >= 0.6 is 11.6 Å². The minimum absolute atomic E-state index is 0.0000555. The number of anilines is 2. The summed E-state index contributed by atoms with van der Waals surface area (Å²) in [5.74, 6) is -0.233. The largest absolute Gasteiger partial charge is 0.490 e. The Kier molecular flexibility index (Phi) is 6.15. The molecule has 1 aliphatic heterocycles. The van der Waals surface area contributed by atoms with E-state index in [4.69, 9.17) is 16.3 Å². The number of nitrogens with zero attached hydrogens (tertiary/aromatic N) is 2. The summed E-state index contributed by atoms with van der Waals surface area (Å²) in [6.07, 6.45) is 3.26. The van der Waals surface area contributed by atoms with Gasteiger partial charge in [0, 0.05) is 6.07 Å². The summed E-state index contributed by atoms with van der Waals surface area (Å²) in [5, 5.41) is 8.96. The van der Waals surface area contributed by atoms with Gasteiger partial charge in [-0.1, -0.05) is 23.7 Å². The molecular weight excluding hydrogens is 458 g/mol. The predicted molar refractivity (Wildman–Crippen MR) is 129 cm³/mol. The van der Waals surface area contributed by atoms with Crippen LogP contribution in [-0.4, -0.2) is 50.9 Å². The van der Waals surface area contributed by atoms with Crippen LogP contribution in [0, 0.1) is 0 Å². The average molecular weight is 480 g/mol. The standard InChI is InChI=1S/C23H22ClN7O3/c24-15-11-14(34-13-7-9-25-10-8-13)5-6-16(15)28-21(32)19-20(27-12-26-19)22(33)31-23-29-17-3-1-2-4-18(17)30-23/h1-6,11-13,25H,7-10H2,(H,26,27)(H,28,32)(H2,29,30,31,33). The first-order valence-electron chi connectivity index (χ1n) is 10.8. The van der Waals surface area contributed by atoms with Crippen LogP contribution in [0.15, 0.2) is 48.8 Å². The zero-order valence-electron chi connectivity index (χ0n) is 18.0. The molecule has 2 aromatic carbocycles. The van der Waals surface area contributed by atoms with Crippen LogP contribution in [0.1, 0.15) is 33.8 Å². The number of hydrogen-bond donors (Lipinski definition) is 5. The number of benzene rings is 2. The number of halogens is 1. The monoisotopic (exact) mass is 479 g/mol. The number of carbonyl (C=O) groups is 2. The molecule has 5 N–H and O–H groups in total. The number of piperidine rings is 1. The van der Waals surface area contributed by atoms with Crippen molar-refractivity contribution in [3.05, 3.63) is 65.2 Å². The lowest BCUT2D eigenvalue weighted by atomic mass is 10.1. The van der Waals surface area contributed by atoms with Crippen LogP contribution in [0.4, 0.5) is 11.6 Å². The maximum Gasteiger partial charge on any atom is 0.276 e. The van der Waals surface area contributed by atoms with Crippen molar-refractivity contribution in [2.75, 3.05) is 23.7 Å². The van der Waals surface area contributed by atoms with Gasteiger partial charge in [0.25, 0.3) is 11.8 Å². The molecule has 0 aliphatic carbocycles. The van der Waals surface area contributed by atoms with Crippen LogP contribution < -0.4 is 20.7 Å². The molecule has 34 heavy (non-hydrogen) atoms. The lowest BCUT2D eigenvalue weighted by molar-refractivity contribution is 0.0985. The van der Waals surface area contributed by atoms with Crippen molar-refractivity contribution in [1.82, 2.24) is 25.3 Å². The number of aromatic nitrogens is 4. The van der Waals surface area contributed by atoms with Gasteiger partial charge >= 0.3 is 0 Å². The number of H-pyrrole nitrogens is 2. The van der Waals surface area contributed by atoms with Gasteiger partial charge in [-0.25, -0.2) is 9.97 Å². The zero-order chi connectivity index (χ0) is 23.5. The minimum atomic E-state index is -0.579. The Morgan fingerprint density at radius 2 is 1.88 bits per heavy atom. The second-order valence-corrected chi connectivity index (χ2v) is 8.25. The number of nitrogens with one attached hydrogen (secondary N) is 5. The molecule has 0 saturated carbocycles. The molecule has 174 valence electrons. The van der Waals surface area contributed by atoms with Crippen LogP contribution in [0.5, 0.6) is 5.75 Å². The molecule has 10 nitrogen and oxygen atoms in total. The Morgan fingerprint density at radius 1 is 1.06 bits per heavy atom. The fourth-order valence-electron chi connectivity index (χ4n) is 3.78. The molecule has 0 bridgehead atoms. The van der Waals surface area contributed by atoms with E-state index in [2.05, 4.69) is 35.9 Å². The highest BCUT2D eigenvalue weighted by molar-refractivity contribution is 6.34. The Morgan fingerprint density at radius 3 is 2.68 bits per heavy atom. The van der Waals surface area contributed by atoms with Gasteiger partial charge < -0.3 is 25.3 Å². The molecule has 0 radical (unpaired) electrons. The third kappa shape index (κ3) is 4.73. The number of para-hydroxylation sites is 2. The summed E-state index contributed by atoms with van der Waals surface area (Å²) < 4.78 is 5.98. The third-order valence-electron chi connectivity index (χ3n) is 5.48. The molecule has 5 rings (SSSR count). The summed E-state index contributed by atoms with van der Waals surface area (Å²) in [4.78, 5) is 39.7. The highest BCUT2D eigenvalue weighted by atomic mass is 35.5. The molecule has 2 amide bonds. The number of rotatable bonds is 6. The molecule has 2 aromatic heterocycles. The molecule has 0 atom stereocenters. The van der Waals surface area contributed by atoms with E-state index in [-0.39, 0.29) is 23.4 Å². The van der Waals surface area contributed by atoms with Crippen LogP contribution in [-0.2, 0) is 0 Å². The van der Waals surface area contributed by atoms with E-state index in [9.17, 15) is 9.59 Å². The fraction of sp³-hybridized carbons (Fsp3) is 0.217. The molecule has 0 unspecified atom stereocenters. The Balaban J connectivity index is 1.26. The number of aromatic amines is 2. The molecule has 1 aliphatic rings. The van der Waals surface area contributed by atoms with E-state index in [1.807, 2.05) is 24.3 Å². The maximum absolute atomic E-state index is 12.9. The number of hydrogen-bond acceptors (Lipinski definition) is 6. The molecule has 4 aromatic rings. The lowest BCUT2D eigenvalue weighted by Crippen LogP contribution is -2.34. The van der Waals surface area contributed by atoms with Crippen molar-refractivity contribution in [2.45, 2.75) is 18.9 Å². The number of carbonyl (C=O) groups excluding carboxylic acids is 2. The summed E-state index contributed by atoms with van der Waals surface area (Å²) >= 11 is 6.37. The summed E-state index contributed by atoms with van der Waals surface area (Å²) in [5.41, 5.74) is 1.81. The fourth-order valence-corrected chi connectivity index (χ4v) is 4.00. The van der Waals surface area contributed by atoms with Gasteiger partial charge in [-0.05, 0) is 50.2 Å². The van der Waals surface area contributed by atoms with E-state index < -0.39 is 11.8 Å². The quantitative estimate of drug-likeness (QED) is 0.287. The smallest absolute Gasteiger partial charge is 0.276 e. The third-order valence-corrected chi connectivity index (χ3v) is 5.79. The SMILES string of the molecule is O=C(Nc1ccc(OC2CCNCC2)cc1Cl)c1nc[nH]c1C(=O)Nc1nc2ccccc2[nH]1. The van der Waals surface area contributed by atoms with E-state index >= 15 is 0 Å². The normalized spacial score (nSPS) is 14.1. The van der Waals surface area contributed by atoms with Crippen LogP contribution in [0.2, 0.25) is 5.02 Å². The first kappa shape index (κ1) is 21.9. The van der Waals surface area contributed by atoms with Crippen molar-refractivity contribution in [2.24, 2.45) is 0 Å². The first-order chi connectivity index (χ1) is 16.6. The van der Waals surface area contributed by atoms with Gasteiger partial charge in [-0.15, -0.1) is 0 Å². The van der Waals surface area contributed by atoms with E-state index in [0.717, 1.165) is 31.4 Å². The number of ether oxygens (including phenoxy) is 1. The first-order valence-corrected chi connectivity index (χ1v) is 11.2. The van der Waals surface area contributed by atoms with Crippen molar-refractivity contribution in [1.29, 1.82) is 0 Å². The second-order valence-electron chi connectivity index (χ2n) is 7.85. The molecule has 0 spiro atoms. The molecule has 1 fully saturated rings. The highest BCUT2D eigenvalue weighted by Gasteiger charge is 2.22. The minimum Gasteiger partial charge on any atom is -0.490 e. The van der Waals surface area contributed by atoms with Gasteiger partial charge in [0.15, 0.2) is 5.69 Å². The number of imidazole rings is 2. The molecule has 1 saturated heterocycles. The van der Waals surface area contributed by atoms with E-state index in [1.165, 1.54) is 6.33 Å². The Bertz CT molecular complexity index is 1310. The topological polar surface area (TPSA) is 137 Å². The lowest BCUT2D eigenvalue weighted by Gasteiger charge is -2.24. The van der Waals surface area contributed by atoms with Crippen LogP contribution in [0.3, 0.4) is 0 Å². The second kappa shape index (κ2) is 9.54. The molecule has 11 heteroatoms. The van der Waals surface area contributed by atoms with Gasteiger partial charge in [0.1, 0.15) is 17.5 Å². The number of amides is 2. The average Bonchev–Trinajstić information content (AvgIpc) is 3.48. The maximum atomic E-state index is 12.9. The van der Waals surface area contributed by atoms with Crippen molar-refractivity contribution in [3.8, 4) is 5.75 Å². The van der Waals surface area contributed by atoms with Gasteiger partial charge in [-0.3, -0.25) is 14.9 Å². The number of fused-ring (bicyclic) bond motifs is 1. The van der Waals surface area contributed by atoms with Crippen molar-refractivity contribution in [3.63, 3.8) is 0 Å². The summed E-state index contributed by atoms with van der Waals surface area (Å²) in [7, 11) is 0.